The summed E-state index contributed by atoms with van der Waals surface area (Å²) in [4.78, 5) is 37.2. The van der Waals surface area contributed by atoms with E-state index >= 15 is 0 Å². The van der Waals surface area contributed by atoms with Crippen LogP contribution in [0.3, 0.4) is 0 Å². The van der Waals surface area contributed by atoms with Crippen molar-refractivity contribution in [1.29, 1.82) is 0 Å². The van der Waals surface area contributed by atoms with Crippen LogP contribution in [0.15, 0.2) is 18.3 Å². The molecule has 2 atom stereocenters. The maximum Gasteiger partial charge on any atom is 0.321 e. The van der Waals surface area contributed by atoms with E-state index in [1.807, 2.05) is 0 Å². The van der Waals surface area contributed by atoms with Crippen LogP contribution in [0.1, 0.15) is 18.4 Å². The Labute approximate surface area is 126 Å². The second kappa shape index (κ2) is 7.91. The minimum Gasteiger partial charge on any atom is -0.481 e. The van der Waals surface area contributed by atoms with Crippen LogP contribution >= 0.6 is 0 Å². The van der Waals surface area contributed by atoms with E-state index in [1.54, 1.807) is 0 Å². The number of esters is 1. The molecule has 120 valence electrons. The Bertz CT molecular complexity index is 544. The summed E-state index contributed by atoms with van der Waals surface area (Å²) in [5.74, 6) is -5.10. The molecule has 1 N–H and O–H groups in total. The highest BCUT2D eigenvalue weighted by Gasteiger charge is 2.40. The lowest BCUT2D eigenvalue weighted by atomic mass is 9.86. The molecule has 1 aromatic heterocycles. The van der Waals surface area contributed by atoms with E-state index < -0.39 is 35.2 Å². The molecule has 22 heavy (non-hydrogen) atoms. The molecule has 2 unspecified atom stereocenters. The summed E-state index contributed by atoms with van der Waals surface area (Å²) in [7, 11) is 1.40. The lowest BCUT2D eigenvalue weighted by Gasteiger charge is -2.19. The number of carbonyl (C=O) groups excluding carboxylic acids is 1. The lowest BCUT2D eigenvalue weighted by molar-refractivity contribution is -0.484. The highest BCUT2D eigenvalue weighted by Crippen LogP contribution is 2.27. The first-order chi connectivity index (χ1) is 10.4. The van der Waals surface area contributed by atoms with Gasteiger partial charge in [0.15, 0.2) is 5.92 Å². The van der Waals surface area contributed by atoms with Crippen molar-refractivity contribution in [2.24, 2.45) is 5.92 Å². The van der Waals surface area contributed by atoms with Gasteiger partial charge in [-0.15, -0.1) is 0 Å². The van der Waals surface area contributed by atoms with Gasteiger partial charge in [-0.3, -0.25) is 19.7 Å². The van der Waals surface area contributed by atoms with Crippen molar-refractivity contribution in [2.45, 2.75) is 12.8 Å². The van der Waals surface area contributed by atoms with Crippen LogP contribution in [-0.2, 0) is 14.3 Å². The van der Waals surface area contributed by atoms with Crippen molar-refractivity contribution in [2.75, 3.05) is 20.3 Å². The number of carbonyl (C=O) groups is 2. The predicted octanol–water partition coefficient (Wildman–Crippen LogP) is 0.714. The monoisotopic (exact) mass is 312 g/mol. The summed E-state index contributed by atoms with van der Waals surface area (Å²) in [6.07, 6.45) is 1.25. The third-order valence-electron chi connectivity index (χ3n) is 2.95. The summed E-state index contributed by atoms with van der Waals surface area (Å²) in [6.45, 7) is 0.771. The molecule has 0 aliphatic carbocycles. The van der Waals surface area contributed by atoms with Crippen molar-refractivity contribution >= 4 is 11.9 Å². The number of ether oxygens (including phenoxy) is 2. The highest BCUT2D eigenvalue weighted by molar-refractivity contribution is 5.95. The normalized spacial score (nSPS) is 13.0. The van der Waals surface area contributed by atoms with Gasteiger partial charge in [0.2, 0.25) is 12.4 Å². The Morgan fingerprint density at radius 3 is 2.55 bits per heavy atom. The van der Waals surface area contributed by atoms with E-state index in [1.165, 1.54) is 32.4 Å². The van der Waals surface area contributed by atoms with Gasteiger partial charge < -0.3 is 14.6 Å². The van der Waals surface area contributed by atoms with Gasteiger partial charge in [-0.05, 0) is 12.5 Å². The van der Waals surface area contributed by atoms with Crippen LogP contribution in [-0.4, -0.2) is 47.2 Å². The number of carboxylic acids is 1. The van der Waals surface area contributed by atoms with E-state index in [0.29, 0.717) is 0 Å². The van der Waals surface area contributed by atoms with Gasteiger partial charge in [-0.2, -0.15) is 0 Å². The molecule has 9 nitrogen and oxygen atoms in total. The van der Waals surface area contributed by atoms with Gasteiger partial charge in [0, 0.05) is 17.2 Å². The first-order valence-electron chi connectivity index (χ1n) is 6.41. The van der Waals surface area contributed by atoms with Crippen molar-refractivity contribution in [1.82, 2.24) is 4.98 Å². The molecule has 0 aromatic carbocycles. The largest absolute Gasteiger partial charge is 0.481 e. The number of rotatable bonds is 8. The Hall–Kier alpha value is -2.71. The summed E-state index contributed by atoms with van der Waals surface area (Å²) in [6, 6.07) is 2.88. The third kappa shape index (κ3) is 4.40. The average molecular weight is 312 g/mol. The Morgan fingerprint density at radius 1 is 1.45 bits per heavy atom. The van der Waals surface area contributed by atoms with Crippen LogP contribution in [0, 0.1) is 16.0 Å². The topological polar surface area (TPSA) is 129 Å². The number of nitro groups is 1. The first-order valence-corrected chi connectivity index (χ1v) is 6.41. The Balaban J connectivity index is 3.19. The van der Waals surface area contributed by atoms with Gasteiger partial charge in [0.05, 0.1) is 19.6 Å². The number of aliphatic carboxylic acids is 1. The SMILES string of the molecule is CCOC(=O)C(C(=O)O)C(C[N+](=O)[O-])c1ccc(OC)nc1. The lowest BCUT2D eigenvalue weighted by Crippen LogP contribution is -2.35. The fourth-order valence-corrected chi connectivity index (χ4v) is 1.96. The molecule has 0 spiro atoms. The van der Waals surface area contributed by atoms with Crippen molar-refractivity contribution in [3.8, 4) is 5.88 Å². The van der Waals surface area contributed by atoms with Crippen molar-refractivity contribution < 1.29 is 29.1 Å². The van der Waals surface area contributed by atoms with Gasteiger partial charge in [0.1, 0.15) is 0 Å². The maximum absolute atomic E-state index is 11.8. The fraction of sp³-hybridized carbons (Fsp3) is 0.462. The summed E-state index contributed by atoms with van der Waals surface area (Å²) in [5, 5.41) is 20.1. The van der Waals surface area contributed by atoms with Gasteiger partial charge >= 0.3 is 11.9 Å². The average Bonchev–Trinajstić information content (AvgIpc) is 2.46. The highest BCUT2D eigenvalue weighted by atomic mass is 16.6. The molecule has 1 rings (SSSR count). The van der Waals surface area contributed by atoms with Gasteiger partial charge in [-0.25, -0.2) is 4.98 Å². The number of carboxylic acid groups (broad SMARTS) is 1. The molecule has 0 amide bonds. The maximum atomic E-state index is 11.8. The third-order valence-corrected chi connectivity index (χ3v) is 2.95. The molecule has 0 aliphatic heterocycles. The molecule has 0 saturated carbocycles. The molecule has 0 saturated heterocycles. The van der Waals surface area contributed by atoms with Crippen LogP contribution < -0.4 is 4.74 Å². The van der Waals surface area contributed by atoms with E-state index in [9.17, 15) is 24.8 Å². The summed E-state index contributed by atoms with van der Waals surface area (Å²) >= 11 is 0. The molecular formula is C13H16N2O7. The summed E-state index contributed by atoms with van der Waals surface area (Å²) < 4.78 is 9.58. The number of pyridine rings is 1. The standard InChI is InChI=1S/C13H16N2O7/c1-3-22-13(18)11(12(16)17)9(7-15(19)20)8-4-5-10(21-2)14-6-8/h4-6,9,11H,3,7H2,1-2H3,(H,16,17). The summed E-state index contributed by atoms with van der Waals surface area (Å²) in [5.41, 5.74) is 0.248. The number of methoxy groups -OCH3 is 1. The zero-order valence-corrected chi connectivity index (χ0v) is 12.1. The smallest absolute Gasteiger partial charge is 0.321 e. The number of nitrogens with zero attached hydrogens (tertiary/aromatic N) is 2. The second-order valence-electron chi connectivity index (χ2n) is 4.32. The molecule has 0 fully saturated rings. The molecule has 9 heteroatoms. The van der Waals surface area contributed by atoms with E-state index in [4.69, 9.17) is 9.47 Å². The molecule has 0 bridgehead atoms. The van der Waals surface area contributed by atoms with E-state index in [-0.39, 0.29) is 18.1 Å². The molecular weight excluding hydrogens is 296 g/mol. The molecule has 1 aromatic rings. The number of hydrogen-bond acceptors (Lipinski definition) is 7. The molecule has 0 radical (unpaired) electrons. The van der Waals surface area contributed by atoms with Crippen LogP contribution in [0.25, 0.3) is 0 Å². The van der Waals surface area contributed by atoms with Gasteiger partial charge in [0.25, 0.3) is 0 Å². The Kier molecular flexibility index (Phi) is 6.24. The number of hydrogen-bond donors (Lipinski definition) is 1. The van der Waals surface area contributed by atoms with Crippen molar-refractivity contribution in [3.05, 3.63) is 34.0 Å². The quantitative estimate of drug-likeness (QED) is 0.321. The first kappa shape index (κ1) is 17.3. The zero-order chi connectivity index (χ0) is 16.7. The molecule has 0 aliphatic rings. The van der Waals surface area contributed by atoms with Crippen LogP contribution in [0.4, 0.5) is 0 Å². The van der Waals surface area contributed by atoms with Gasteiger partial charge in [-0.1, -0.05) is 6.07 Å². The molecule has 1 heterocycles. The second-order valence-corrected chi connectivity index (χ2v) is 4.32. The Morgan fingerprint density at radius 2 is 2.14 bits per heavy atom. The van der Waals surface area contributed by atoms with Crippen LogP contribution in [0.2, 0.25) is 0 Å². The zero-order valence-electron chi connectivity index (χ0n) is 12.1. The number of aromatic nitrogens is 1. The van der Waals surface area contributed by atoms with E-state index in [0.717, 1.165) is 0 Å². The fourth-order valence-electron chi connectivity index (χ4n) is 1.96. The predicted molar refractivity (Wildman–Crippen MR) is 73.2 cm³/mol. The van der Waals surface area contributed by atoms with Crippen LogP contribution in [0.5, 0.6) is 5.88 Å². The minimum absolute atomic E-state index is 0.0192. The minimum atomic E-state index is -1.68. The van der Waals surface area contributed by atoms with E-state index in [2.05, 4.69) is 4.98 Å². The van der Waals surface area contributed by atoms with Crippen molar-refractivity contribution in [3.63, 3.8) is 0 Å².